The van der Waals surface area contributed by atoms with Crippen LogP contribution in [0.1, 0.15) is 15.9 Å². The molecule has 1 rings (SSSR count). The number of benzene rings is 1. The second kappa shape index (κ2) is 5.87. The van der Waals surface area contributed by atoms with Crippen LogP contribution in [0.3, 0.4) is 0 Å². The minimum absolute atomic E-state index is 0.316. The van der Waals surface area contributed by atoms with Crippen LogP contribution in [0.15, 0.2) is 24.3 Å². The summed E-state index contributed by atoms with van der Waals surface area (Å²) in [5.74, 6) is -1.48. The standard InChI is InChI=1S/C11H13NO4/c1-16-7-8-4-2-3-5-9(8)11(15)12-6-10(13)14/h2-5H,6-7H2,1H3,(H,12,15)(H,13,14). The van der Waals surface area contributed by atoms with Crippen molar-refractivity contribution in [3.8, 4) is 0 Å². The molecule has 5 nitrogen and oxygen atoms in total. The Kier molecular flexibility index (Phi) is 4.47. The average Bonchev–Trinajstić information content (AvgIpc) is 2.27. The van der Waals surface area contributed by atoms with Crippen molar-refractivity contribution < 1.29 is 19.4 Å². The number of hydrogen-bond donors (Lipinski definition) is 2. The maximum atomic E-state index is 11.6. The molecule has 1 aromatic carbocycles. The zero-order chi connectivity index (χ0) is 12.0. The van der Waals surface area contributed by atoms with Crippen molar-refractivity contribution in [3.05, 3.63) is 35.4 Å². The van der Waals surface area contributed by atoms with Crippen LogP contribution in [-0.4, -0.2) is 30.6 Å². The van der Waals surface area contributed by atoms with Crippen LogP contribution < -0.4 is 5.32 Å². The predicted molar refractivity (Wildman–Crippen MR) is 57.1 cm³/mol. The zero-order valence-corrected chi connectivity index (χ0v) is 8.90. The van der Waals surface area contributed by atoms with E-state index in [1.807, 2.05) is 0 Å². The van der Waals surface area contributed by atoms with Crippen molar-refractivity contribution in [1.29, 1.82) is 0 Å². The summed E-state index contributed by atoms with van der Waals surface area (Å²) in [5.41, 5.74) is 1.17. The molecule has 86 valence electrons. The number of amides is 1. The maximum absolute atomic E-state index is 11.6. The van der Waals surface area contributed by atoms with Gasteiger partial charge in [-0.15, -0.1) is 0 Å². The highest BCUT2D eigenvalue weighted by atomic mass is 16.5. The molecular formula is C11H13NO4. The van der Waals surface area contributed by atoms with E-state index in [0.29, 0.717) is 12.2 Å². The summed E-state index contributed by atoms with van der Waals surface area (Å²) >= 11 is 0. The lowest BCUT2D eigenvalue weighted by Gasteiger charge is -2.07. The molecule has 0 fully saturated rings. The summed E-state index contributed by atoms with van der Waals surface area (Å²) < 4.78 is 4.95. The third-order valence-corrected chi connectivity index (χ3v) is 1.96. The Hall–Kier alpha value is -1.88. The van der Waals surface area contributed by atoms with E-state index in [2.05, 4.69) is 5.32 Å². The van der Waals surface area contributed by atoms with Crippen LogP contribution >= 0.6 is 0 Å². The van der Waals surface area contributed by atoms with Gasteiger partial charge in [0.1, 0.15) is 6.54 Å². The normalized spacial score (nSPS) is 9.81. The molecule has 0 radical (unpaired) electrons. The second-order valence-electron chi connectivity index (χ2n) is 3.17. The fourth-order valence-electron chi connectivity index (χ4n) is 1.27. The molecule has 0 aliphatic heterocycles. The fraction of sp³-hybridized carbons (Fsp3) is 0.273. The average molecular weight is 223 g/mol. The van der Waals surface area contributed by atoms with Gasteiger partial charge in [-0.2, -0.15) is 0 Å². The van der Waals surface area contributed by atoms with Crippen LogP contribution in [0, 0.1) is 0 Å². The first-order chi connectivity index (χ1) is 7.65. The number of nitrogens with one attached hydrogen (secondary N) is 1. The Bertz CT molecular complexity index is 389. The number of carbonyl (C=O) groups excluding carboxylic acids is 1. The van der Waals surface area contributed by atoms with Crippen molar-refractivity contribution in [1.82, 2.24) is 5.32 Å². The monoisotopic (exact) mass is 223 g/mol. The summed E-state index contributed by atoms with van der Waals surface area (Å²) in [6.45, 7) is -0.0726. The van der Waals surface area contributed by atoms with Crippen molar-refractivity contribution in [2.24, 2.45) is 0 Å². The number of carbonyl (C=O) groups is 2. The van der Waals surface area contributed by atoms with Gasteiger partial charge in [-0.25, -0.2) is 0 Å². The first-order valence-corrected chi connectivity index (χ1v) is 4.72. The molecule has 0 saturated carbocycles. The largest absolute Gasteiger partial charge is 0.480 e. The van der Waals surface area contributed by atoms with Crippen molar-refractivity contribution in [2.45, 2.75) is 6.61 Å². The van der Waals surface area contributed by atoms with Gasteiger partial charge < -0.3 is 15.2 Å². The number of carboxylic acid groups (broad SMARTS) is 1. The van der Waals surface area contributed by atoms with E-state index < -0.39 is 11.9 Å². The van der Waals surface area contributed by atoms with Crippen LogP contribution in [0.25, 0.3) is 0 Å². The lowest BCUT2D eigenvalue weighted by atomic mass is 10.1. The van der Waals surface area contributed by atoms with Gasteiger partial charge in [0.15, 0.2) is 0 Å². The minimum atomic E-state index is -1.07. The number of aliphatic carboxylic acids is 1. The molecule has 2 N–H and O–H groups in total. The molecule has 1 aromatic rings. The van der Waals surface area contributed by atoms with E-state index in [4.69, 9.17) is 9.84 Å². The molecule has 0 spiro atoms. The molecule has 0 bridgehead atoms. The Labute approximate surface area is 93.0 Å². The SMILES string of the molecule is COCc1ccccc1C(=O)NCC(=O)O. The first-order valence-electron chi connectivity index (χ1n) is 4.72. The van der Waals surface area contributed by atoms with E-state index in [9.17, 15) is 9.59 Å². The molecule has 0 saturated heterocycles. The Morgan fingerprint density at radius 1 is 1.38 bits per heavy atom. The smallest absolute Gasteiger partial charge is 0.322 e. The van der Waals surface area contributed by atoms with E-state index in [1.165, 1.54) is 7.11 Å². The van der Waals surface area contributed by atoms with Crippen molar-refractivity contribution >= 4 is 11.9 Å². The van der Waals surface area contributed by atoms with Gasteiger partial charge in [-0.05, 0) is 11.6 Å². The molecule has 0 atom stereocenters. The fourth-order valence-corrected chi connectivity index (χ4v) is 1.27. The Morgan fingerprint density at radius 2 is 2.06 bits per heavy atom. The zero-order valence-electron chi connectivity index (χ0n) is 8.90. The summed E-state index contributed by atoms with van der Waals surface area (Å²) in [7, 11) is 1.53. The van der Waals surface area contributed by atoms with Crippen LogP contribution in [-0.2, 0) is 16.1 Å². The number of carboxylic acids is 1. The summed E-state index contributed by atoms with van der Waals surface area (Å²) in [4.78, 5) is 21.9. The number of ether oxygens (including phenoxy) is 1. The van der Waals surface area contributed by atoms with Gasteiger partial charge in [-0.1, -0.05) is 18.2 Å². The molecule has 16 heavy (non-hydrogen) atoms. The summed E-state index contributed by atoms with van der Waals surface area (Å²) in [6, 6.07) is 6.90. The van der Waals surface area contributed by atoms with Gasteiger partial charge >= 0.3 is 5.97 Å². The summed E-state index contributed by atoms with van der Waals surface area (Å²) in [6.07, 6.45) is 0. The number of rotatable bonds is 5. The molecule has 5 heteroatoms. The van der Waals surface area contributed by atoms with E-state index in [0.717, 1.165) is 5.56 Å². The van der Waals surface area contributed by atoms with Crippen molar-refractivity contribution in [3.63, 3.8) is 0 Å². The van der Waals surface area contributed by atoms with E-state index in [1.54, 1.807) is 24.3 Å². The van der Waals surface area contributed by atoms with Crippen molar-refractivity contribution in [2.75, 3.05) is 13.7 Å². The number of hydrogen-bond acceptors (Lipinski definition) is 3. The third kappa shape index (κ3) is 3.36. The minimum Gasteiger partial charge on any atom is -0.480 e. The lowest BCUT2D eigenvalue weighted by molar-refractivity contribution is -0.135. The van der Waals surface area contributed by atoms with Gasteiger partial charge in [0.05, 0.1) is 6.61 Å². The Balaban J connectivity index is 2.77. The Morgan fingerprint density at radius 3 is 2.69 bits per heavy atom. The maximum Gasteiger partial charge on any atom is 0.322 e. The van der Waals surface area contributed by atoms with Crippen LogP contribution in [0.2, 0.25) is 0 Å². The highest BCUT2D eigenvalue weighted by Gasteiger charge is 2.11. The highest BCUT2D eigenvalue weighted by Crippen LogP contribution is 2.09. The summed E-state index contributed by atoms with van der Waals surface area (Å²) in [5, 5.41) is 10.7. The topological polar surface area (TPSA) is 75.6 Å². The molecule has 0 unspecified atom stereocenters. The molecule has 0 aliphatic carbocycles. The van der Waals surface area contributed by atoms with E-state index in [-0.39, 0.29) is 6.54 Å². The molecular weight excluding hydrogens is 210 g/mol. The lowest BCUT2D eigenvalue weighted by Crippen LogP contribution is -2.30. The van der Waals surface area contributed by atoms with Gasteiger partial charge in [-0.3, -0.25) is 9.59 Å². The highest BCUT2D eigenvalue weighted by molar-refractivity contribution is 5.97. The molecule has 0 aliphatic rings. The van der Waals surface area contributed by atoms with Gasteiger partial charge in [0.2, 0.25) is 0 Å². The van der Waals surface area contributed by atoms with Gasteiger partial charge in [0.25, 0.3) is 5.91 Å². The predicted octanol–water partition coefficient (Wildman–Crippen LogP) is 0.647. The molecule has 1 amide bonds. The third-order valence-electron chi connectivity index (χ3n) is 1.96. The first kappa shape index (κ1) is 12.2. The quantitative estimate of drug-likeness (QED) is 0.768. The van der Waals surface area contributed by atoms with Crippen LogP contribution in [0.4, 0.5) is 0 Å². The van der Waals surface area contributed by atoms with Crippen LogP contribution in [0.5, 0.6) is 0 Å². The second-order valence-corrected chi connectivity index (χ2v) is 3.17. The number of methoxy groups -OCH3 is 1. The molecule has 0 heterocycles. The van der Waals surface area contributed by atoms with E-state index >= 15 is 0 Å². The van der Waals surface area contributed by atoms with Gasteiger partial charge in [0, 0.05) is 12.7 Å². The molecule has 0 aromatic heterocycles.